The van der Waals surface area contributed by atoms with E-state index in [2.05, 4.69) is 26.4 Å². The van der Waals surface area contributed by atoms with Crippen LogP contribution in [0, 0.1) is 11.8 Å². The van der Waals surface area contributed by atoms with Crippen molar-refractivity contribution in [2.45, 2.75) is 31.7 Å². The Morgan fingerprint density at radius 2 is 2.04 bits per heavy atom. The van der Waals surface area contributed by atoms with E-state index >= 15 is 0 Å². The third kappa shape index (κ3) is 3.90. The number of fused-ring (bicyclic) bond motifs is 2. The predicted molar refractivity (Wildman–Crippen MR) is 106 cm³/mol. The van der Waals surface area contributed by atoms with Gasteiger partial charge in [0, 0.05) is 11.6 Å². The molecule has 0 radical (unpaired) electrons. The highest BCUT2D eigenvalue weighted by molar-refractivity contribution is 7.80. The predicted octanol–water partition coefficient (Wildman–Crippen LogP) is 2.38. The minimum Gasteiger partial charge on any atom is -0.497 e. The molecule has 2 bridgehead atoms. The van der Waals surface area contributed by atoms with Crippen molar-refractivity contribution in [3.05, 3.63) is 36.0 Å². The molecule has 0 spiro atoms. The Bertz CT molecular complexity index is 835. The number of ether oxygens (including phenoxy) is 1. The van der Waals surface area contributed by atoms with Crippen LogP contribution in [0.2, 0.25) is 0 Å². The number of aromatic nitrogens is 2. The Kier molecular flexibility index (Phi) is 4.98. The molecule has 3 atom stereocenters. The zero-order valence-corrected chi connectivity index (χ0v) is 15.9. The lowest BCUT2D eigenvalue weighted by Gasteiger charge is -2.24. The highest BCUT2D eigenvalue weighted by Gasteiger charge is 2.39. The van der Waals surface area contributed by atoms with Crippen molar-refractivity contribution >= 4 is 23.2 Å². The van der Waals surface area contributed by atoms with Crippen LogP contribution < -0.4 is 20.9 Å². The van der Waals surface area contributed by atoms with E-state index in [9.17, 15) is 4.79 Å². The number of carbonyl (C=O) groups is 1. The number of hydrazine groups is 1. The minimum atomic E-state index is -0.320. The van der Waals surface area contributed by atoms with Gasteiger partial charge < -0.3 is 10.1 Å². The summed E-state index contributed by atoms with van der Waals surface area (Å²) in [6.45, 7) is 0. The van der Waals surface area contributed by atoms with E-state index in [4.69, 9.17) is 17.0 Å². The Morgan fingerprint density at radius 3 is 2.70 bits per heavy atom. The van der Waals surface area contributed by atoms with E-state index in [0.29, 0.717) is 28.5 Å². The molecule has 2 aliphatic rings. The number of carbonyl (C=O) groups excluding carboxylic acids is 1. The maximum atomic E-state index is 12.3. The molecular formula is C19H23N5O2S. The van der Waals surface area contributed by atoms with Gasteiger partial charge >= 0.3 is 0 Å². The summed E-state index contributed by atoms with van der Waals surface area (Å²) in [4.78, 5) is 12.3. The number of amides is 1. The fraction of sp³-hybridized carbons (Fsp3) is 0.421. The Hall–Kier alpha value is -2.61. The van der Waals surface area contributed by atoms with Gasteiger partial charge in [-0.25, -0.2) is 0 Å². The molecule has 4 rings (SSSR count). The van der Waals surface area contributed by atoms with Crippen molar-refractivity contribution in [2.75, 3.05) is 7.11 Å². The smallest absolute Gasteiger partial charge is 0.287 e. The third-order valence-electron chi connectivity index (χ3n) is 5.55. The highest BCUT2D eigenvalue weighted by Crippen LogP contribution is 2.44. The van der Waals surface area contributed by atoms with E-state index in [1.807, 2.05) is 24.3 Å². The second kappa shape index (κ2) is 7.56. The number of nitrogens with one attached hydrogen (secondary N) is 4. The summed E-state index contributed by atoms with van der Waals surface area (Å²) in [6, 6.07) is 9.61. The number of hydrogen-bond acceptors (Lipinski definition) is 4. The van der Waals surface area contributed by atoms with Gasteiger partial charge in [-0.3, -0.25) is 20.7 Å². The molecule has 2 saturated carbocycles. The largest absolute Gasteiger partial charge is 0.497 e. The average molecular weight is 385 g/mol. The zero-order chi connectivity index (χ0) is 18.8. The number of aromatic amines is 1. The first-order chi connectivity index (χ1) is 13.1. The molecular weight excluding hydrogens is 362 g/mol. The van der Waals surface area contributed by atoms with Crippen LogP contribution in [0.4, 0.5) is 0 Å². The molecule has 0 saturated heterocycles. The molecule has 7 nitrogen and oxygen atoms in total. The van der Waals surface area contributed by atoms with Gasteiger partial charge in [0.15, 0.2) is 5.11 Å². The Balaban J connectivity index is 1.29. The van der Waals surface area contributed by atoms with Crippen molar-refractivity contribution in [1.29, 1.82) is 0 Å². The lowest BCUT2D eigenvalue weighted by Crippen LogP contribution is -2.50. The molecule has 8 heteroatoms. The van der Waals surface area contributed by atoms with Crippen LogP contribution in [0.1, 0.15) is 36.2 Å². The van der Waals surface area contributed by atoms with Crippen LogP contribution in [0.5, 0.6) is 5.75 Å². The van der Waals surface area contributed by atoms with Crippen LogP contribution in [0.15, 0.2) is 30.3 Å². The van der Waals surface area contributed by atoms with E-state index in [-0.39, 0.29) is 5.91 Å². The summed E-state index contributed by atoms with van der Waals surface area (Å²) < 4.78 is 5.15. The van der Waals surface area contributed by atoms with Crippen LogP contribution in [0.25, 0.3) is 11.3 Å². The number of hydrogen-bond donors (Lipinski definition) is 4. The lowest BCUT2D eigenvalue weighted by molar-refractivity contribution is 0.0938. The molecule has 2 fully saturated rings. The third-order valence-corrected chi connectivity index (χ3v) is 5.77. The van der Waals surface area contributed by atoms with Crippen molar-refractivity contribution in [1.82, 2.24) is 26.4 Å². The summed E-state index contributed by atoms with van der Waals surface area (Å²) in [7, 11) is 1.62. The van der Waals surface area contributed by atoms with Crippen LogP contribution >= 0.6 is 12.2 Å². The Labute approximate surface area is 163 Å². The Morgan fingerprint density at radius 1 is 1.22 bits per heavy atom. The maximum Gasteiger partial charge on any atom is 0.287 e. The highest BCUT2D eigenvalue weighted by atomic mass is 32.1. The minimum absolute atomic E-state index is 0.320. The van der Waals surface area contributed by atoms with Gasteiger partial charge in [0.25, 0.3) is 5.91 Å². The second-order valence-corrected chi connectivity index (χ2v) is 7.64. The number of nitrogens with zero attached hydrogens (tertiary/aromatic N) is 1. The first-order valence-corrected chi connectivity index (χ1v) is 9.60. The number of H-pyrrole nitrogens is 1. The maximum absolute atomic E-state index is 12.3. The van der Waals surface area contributed by atoms with E-state index in [1.54, 1.807) is 13.2 Å². The lowest BCUT2D eigenvalue weighted by atomic mass is 9.96. The molecule has 4 N–H and O–H groups in total. The van der Waals surface area contributed by atoms with Crippen LogP contribution in [-0.2, 0) is 0 Å². The molecule has 2 aliphatic carbocycles. The summed E-state index contributed by atoms with van der Waals surface area (Å²) in [5.74, 6) is 2.00. The molecule has 0 unspecified atom stereocenters. The summed E-state index contributed by atoms with van der Waals surface area (Å²) in [5, 5.41) is 10.7. The number of rotatable bonds is 4. The topological polar surface area (TPSA) is 91.1 Å². The second-order valence-electron chi connectivity index (χ2n) is 7.23. The molecule has 1 aromatic heterocycles. The standard InChI is InChI=1S/C19H23N5O2S/c1-26-14-6-4-12(5-7-14)16-10-17(22-21-16)18(25)23-24-19(27)20-15-9-11-2-3-13(15)8-11/h4-7,10-11,13,15H,2-3,8-9H2,1H3,(H,21,22)(H,23,25)(H2,20,24,27)/t11-,13+,15-/m0/s1. The zero-order valence-electron chi connectivity index (χ0n) is 15.1. The van der Waals surface area contributed by atoms with Gasteiger partial charge in [0.05, 0.1) is 12.8 Å². The van der Waals surface area contributed by atoms with E-state index in [0.717, 1.165) is 17.2 Å². The van der Waals surface area contributed by atoms with Gasteiger partial charge in [-0.1, -0.05) is 6.42 Å². The van der Waals surface area contributed by atoms with Gasteiger partial charge in [0.2, 0.25) is 0 Å². The number of thiocarbonyl (C=S) groups is 1. The van der Waals surface area contributed by atoms with Crippen molar-refractivity contribution < 1.29 is 9.53 Å². The first kappa shape index (κ1) is 17.8. The summed E-state index contributed by atoms with van der Waals surface area (Å²) >= 11 is 5.31. The molecule has 1 heterocycles. The van der Waals surface area contributed by atoms with Gasteiger partial charge in [-0.2, -0.15) is 5.10 Å². The fourth-order valence-corrected chi connectivity index (χ4v) is 4.36. The summed E-state index contributed by atoms with van der Waals surface area (Å²) in [5.41, 5.74) is 7.34. The van der Waals surface area contributed by atoms with E-state index in [1.165, 1.54) is 25.7 Å². The fourth-order valence-electron chi connectivity index (χ4n) is 4.15. The quantitative estimate of drug-likeness (QED) is 0.477. The van der Waals surface area contributed by atoms with Crippen molar-refractivity contribution in [3.8, 4) is 17.0 Å². The molecule has 1 amide bonds. The van der Waals surface area contributed by atoms with Gasteiger partial charge in [-0.05, 0) is 73.6 Å². The SMILES string of the molecule is COc1ccc(-c2cc(C(=O)NNC(=S)N[C@H]3C[C@H]4CC[C@@H]3C4)[nH]n2)cc1. The van der Waals surface area contributed by atoms with Crippen molar-refractivity contribution in [2.24, 2.45) is 11.8 Å². The van der Waals surface area contributed by atoms with Crippen molar-refractivity contribution in [3.63, 3.8) is 0 Å². The van der Waals surface area contributed by atoms with Gasteiger partial charge in [-0.15, -0.1) is 0 Å². The first-order valence-electron chi connectivity index (χ1n) is 9.19. The number of methoxy groups -OCH3 is 1. The van der Waals surface area contributed by atoms with Gasteiger partial charge in [0.1, 0.15) is 11.4 Å². The van der Waals surface area contributed by atoms with Crippen LogP contribution in [-0.4, -0.2) is 34.4 Å². The molecule has 2 aromatic rings. The molecule has 142 valence electrons. The van der Waals surface area contributed by atoms with Crippen LogP contribution in [0.3, 0.4) is 0 Å². The normalized spacial score (nSPS) is 23.1. The molecule has 0 aliphatic heterocycles. The number of benzene rings is 1. The average Bonchev–Trinajstić information content (AvgIpc) is 3.43. The molecule has 1 aromatic carbocycles. The monoisotopic (exact) mass is 385 g/mol. The summed E-state index contributed by atoms with van der Waals surface area (Å²) in [6.07, 6.45) is 5.09. The van der Waals surface area contributed by atoms with E-state index < -0.39 is 0 Å². The molecule has 27 heavy (non-hydrogen) atoms.